The smallest absolute Gasteiger partial charge is 0.270 e. The van der Waals surface area contributed by atoms with Gasteiger partial charge in [-0.15, -0.1) is 0 Å². The van der Waals surface area contributed by atoms with Crippen LogP contribution in [-0.4, -0.2) is 21.9 Å². The fourth-order valence-corrected chi connectivity index (χ4v) is 2.61. The number of carbonyl (C=O) groups excluding carboxylic acids is 1. The molecular weight excluding hydrogens is 323 g/mol. The maximum atomic E-state index is 13.2. The fraction of sp³-hybridized carbons (Fsp3) is 0.267. The van der Waals surface area contributed by atoms with Crippen LogP contribution in [0.5, 0.6) is 0 Å². The molecule has 0 atom stereocenters. The molecule has 20 heavy (non-hydrogen) atoms. The predicted molar refractivity (Wildman–Crippen MR) is 79.9 cm³/mol. The number of nitrogens with zero attached hydrogens (tertiary/aromatic N) is 2. The Morgan fingerprint density at radius 1 is 1.40 bits per heavy atom. The van der Waals surface area contributed by atoms with Gasteiger partial charge in [0.25, 0.3) is 5.91 Å². The van der Waals surface area contributed by atoms with Crippen molar-refractivity contribution in [2.24, 2.45) is 7.05 Å². The highest BCUT2D eigenvalue weighted by Crippen LogP contribution is 2.17. The maximum Gasteiger partial charge on any atom is 0.270 e. The lowest BCUT2D eigenvalue weighted by atomic mass is 10.2. The van der Waals surface area contributed by atoms with Crippen molar-refractivity contribution in [1.29, 1.82) is 0 Å². The first-order valence-corrected chi connectivity index (χ1v) is 7.16. The average molecular weight is 339 g/mol. The molecule has 3 nitrogen and oxygen atoms in total. The van der Waals surface area contributed by atoms with Crippen LogP contribution in [0.15, 0.2) is 41.0 Å². The van der Waals surface area contributed by atoms with E-state index in [1.165, 1.54) is 12.1 Å². The van der Waals surface area contributed by atoms with Gasteiger partial charge in [-0.25, -0.2) is 4.39 Å². The summed E-state index contributed by atoms with van der Waals surface area (Å²) in [6.45, 7) is 2.88. The molecule has 0 radical (unpaired) electrons. The molecule has 0 bridgehead atoms. The van der Waals surface area contributed by atoms with Gasteiger partial charge < -0.3 is 9.47 Å². The van der Waals surface area contributed by atoms with Gasteiger partial charge in [-0.2, -0.15) is 0 Å². The minimum Gasteiger partial charge on any atom is -0.345 e. The van der Waals surface area contributed by atoms with Crippen LogP contribution in [0.1, 0.15) is 23.0 Å². The lowest BCUT2D eigenvalue weighted by molar-refractivity contribution is 0.0743. The predicted octanol–water partition coefficient (Wildman–Crippen LogP) is 3.59. The highest BCUT2D eigenvalue weighted by atomic mass is 79.9. The molecule has 0 N–H and O–H groups in total. The summed E-state index contributed by atoms with van der Waals surface area (Å²) in [7, 11) is 1.83. The summed E-state index contributed by atoms with van der Waals surface area (Å²) in [4.78, 5) is 14.2. The van der Waals surface area contributed by atoms with Gasteiger partial charge in [0.2, 0.25) is 0 Å². The lowest BCUT2D eigenvalue weighted by Crippen LogP contribution is -2.31. The van der Waals surface area contributed by atoms with Gasteiger partial charge in [0, 0.05) is 30.8 Å². The third-order valence-corrected chi connectivity index (χ3v) is 3.56. The highest BCUT2D eigenvalue weighted by molar-refractivity contribution is 9.10. The molecule has 1 aromatic carbocycles. The molecule has 0 saturated heterocycles. The van der Waals surface area contributed by atoms with Crippen LogP contribution in [0.25, 0.3) is 0 Å². The third-order valence-electron chi connectivity index (χ3n) is 3.12. The van der Waals surface area contributed by atoms with Crippen LogP contribution in [0.4, 0.5) is 4.39 Å². The molecule has 0 unspecified atom stereocenters. The number of amides is 1. The Labute approximate surface area is 126 Å². The first kappa shape index (κ1) is 14.8. The van der Waals surface area contributed by atoms with Crippen molar-refractivity contribution in [3.8, 4) is 0 Å². The zero-order valence-electron chi connectivity index (χ0n) is 11.4. The molecule has 106 valence electrons. The summed E-state index contributed by atoms with van der Waals surface area (Å²) in [5.41, 5.74) is 1.39. The molecule has 1 amide bonds. The van der Waals surface area contributed by atoms with E-state index in [1.807, 2.05) is 26.2 Å². The Morgan fingerprint density at radius 2 is 2.15 bits per heavy atom. The Hall–Kier alpha value is -1.62. The summed E-state index contributed by atoms with van der Waals surface area (Å²) in [5, 5.41) is 0. The van der Waals surface area contributed by atoms with E-state index in [-0.39, 0.29) is 11.7 Å². The van der Waals surface area contributed by atoms with Crippen molar-refractivity contribution < 1.29 is 9.18 Å². The van der Waals surface area contributed by atoms with E-state index in [0.717, 1.165) is 10.0 Å². The number of hydrogen-bond acceptors (Lipinski definition) is 1. The minimum absolute atomic E-state index is 0.0649. The Morgan fingerprint density at radius 3 is 2.70 bits per heavy atom. The van der Waals surface area contributed by atoms with E-state index in [9.17, 15) is 9.18 Å². The highest BCUT2D eigenvalue weighted by Gasteiger charge is 2.18. The summed E-state index contributed by atoms with van der Waals surface area (Å²) in [6.07, 6.45) is 1.84. The van der Waals surface area contributed by atoms with E-state index >= 15 is 0 Å². The van der Waals surface area contributed by atoms with Gasteiger partial charge >= 0.3 is 0 Å². The summed E-state index contributed by atoms with van der Waals surface area (Å²) < 4.78 is 15.8. The quantitative estimate of drug-likeness (QED) is 0.836. The van der Waals surface area contributed by atoms with Crippen molar-refractivity contribution >= 4 is 21.8 Å². The van der Waals surface area contributed by atoms with Gasteiger partial charge in [0.05, 0.1) is 0 Å². The van der Waals surface area contributed by atoms with Crippen LogP contribution in [0.2, 0.25) is 0 Å². The molecular formula is C15H16BrFN2O. The van der Waals surface area contributed by atoms with Gasteiger partial charge in [-0.1, -0.05) is 12.1 Å². The first-order chi connectivity index (χ1) is 9.51. The summed E-state index contributed by atoms with van der Waals surface area (Å²) in [6, 6.07) is 8.12. The topological polar surface area (TPSA) is 25.2 Å². The molecule has 5 heteroatoms. The van der Waals surface area contributed by atoms with Crippen LogP contribution >= 0.6 is 15.9 Å². The number of hydrogen-bond donors (Lipinski definition) is 0. The van der Waals surface area contributed by atoms with E-state index in [4.69, 9.17) is 0 Å². The van der Waals surface area contributed by atoms with Crippen LogP contribution in [0.3, 0.4) is 0 Å². The van der Waals surface area contributed by atoms with Crippen LogP contribution in [-0.2, 0) is 13.6 Å². The zero-order chi connectivity index (χ0) is 14.7. The number of rotatable bonds is 4. The Kier molecular flexibility index (Phi) is 4.60. The number of benzene rings is 1. The summed E-state index contributed by atoms with van der Waals surface area (Å²) >= 11 is 3.36. The van der Waals surface area contributed by atoms with Crippen molar-refractivity contribution in [3.63, 3.8) is 0 Å². The lowest BCUT2D eigenvalue weighted by Gasteiger charge is -2.21. The second-order valence-corrected chi connectivity index (χ2v) is 5.52. The Bertz CT molecular complexity index is 624. The molecule has 2 aromatic rings. The first-order valence-electron chi connectivity index (χ1n) is 6.37. The van der Waals surface area contributed by atoms with Gasteiger partial charge in [0.15, 0.2) is 0 Å². The van der Waals surface area contributed by atoms with E-state index in [1.54, 1.807) is 21.6 Å². The standard InChI is InChI=1S/C15H16BrFN2O/c1-3-19(9-11-5-4-6-13(17)7-11)15(20)14-8-12(16)10-18(14)2/h4-8,10H,3,9H2,1-2H3. The molecule has 1 aromatic heterocycles. The van der Waals surface area contributed by atoms with E-state index in [0.29, 0.717) is 18.8 Å². The zero-order valence-corrected chi connectivity index (χ0v) is 13.0. The fourth-order valence-electron chi connectivity index (χ4n) is 2.08. The summed E-state index contributed by atoms with van der Waals surface area (Å²) in [5.74, 6) is -0.349. The molecule has 0 saturated carbocycles. The number of carbonyl (C=O) groups is 1. The Balaban J connectivity index is 2.20. The monoisotopic (exact) mass is 338 g/mol. The second kappa shape index (κ2) is 6.22. The number of aryl methyl sites for hydroxylation is 1. The van der Waals surface area contributed by atoms with Gasteiger partial charge in [-0.05, 0) is 46.6 Å². The van der Waals surface area contributed by atoms with E-state index < -0.39 is 0 Å². The third kappa shape index (κ3) is 3.28. The van der Waals surface area contributed by atoms with Crippen LogP contribution in [0, 0.1) is 5.82 Å². The maximum absolute atomic E-state index is 13.2. The largest absolute Gasteiger partial charge is 0.345 e. The van der Waals surface area contributed by atoms with E-state index in [2.05, 4.69) is 15.9 Å². The van der Waals surface area contributed by atoms with Gasteiger partial charge in [-0.3, -0.25) is 4.79 Å². The van der Waals surface area contributed by atoms with Gasteiger partial charge in [0.1, 0.15) is 11.5 Å². The minimum atomic E-state index is -0.285. The second-order valence-electron chi connectivity index (χ2n) is 4.60. The number of halogens is 2. The van der Waals surface area contributed by atoms with Crippen molar-refractivity contribution in [3.05, 3.63) is 58.1 Å². The van der Waals surface area contributed by atoms with Crippen molar-refractivity contribution in [1.82, 2.24) is 9.47 Å². The molecule has 0 fully saturated rings. The molecule has 0 aliphatic heterocycles. The molecule has 0 aliphatic rings. The molecule has 2 rings (SSSR count). The van der Waals surface area contributed by atoms with Crippen molar-refractivity contribution in [2.45, 2.75) is 13.5 Å². The molecule has 0 spiro atoms. The molecule has 0 aliphatic carbocycles. The molecule has 1 heterocycles. The van der Waals surface area contributed by atoms with Crippen molar-refractivity contribution in [2.75, 3.05) is 6.54 Å². The SMILES string of the molecule is CCN(Cc1cccc(F)c1)C(=O)c1cc(Br)cn1C. The normalized spacial score (nSPS) is 10.6. The average Bonchev–Trinajstić information content (AvgIpc) is 2.74. The van der Waals surface area contributed by atoms with Crippen LogP contribution < -0.4 is 0 Å². The number of aromatic nitrogens is 1.